The Labute approximate surface area is 131 Å². The molecule has 21 heavy (non-hydrogen) atoms. The maximum absolute atomic E-state index is 9.59. The Morgan fingerprint density at radius 2 is 1.76 bits per heavy atom. The molecule has 2 nitrogen and oxygen atoms in total. The summed E-state index contributed by atoms with van der Waals surface area (Å²) in [7, 11) is 0. The van der Waals surface area contributed by atoms with E-state index in [2.05, 4.69) is 60.5 Å². The van der Waals surface area contributed by atoms with Crippen molar-refractivity contribution in [1.29, 1.82) is 5.26 Å². The third-order valence-corrected chi connectivity index (χ3v) is 4.30. The second kappa shape index (κ2) is 7.87. The molecule has 0 aromatic heterocycles. The van der Waals surface area contributed by atoms with Crippen LogP contribution in [0.4, 0.5) is 0 Å². The fraction of sp³-hybridized carbons (Fsp3) is 0.278. The van der Waals surface area contributed by atoms with E-state index in [0.717, 1.165) is 18.7 Å². The van der Waals surface area contributed by atoms with E-state index in [-0.39, 0.29) is 6.04 Å². The Hall–Kier alpha value is -1.76. The van der Waals surface area contributed by atoms with Gasteiger partial charge in [0.15, 0.2) is 0 Å². The van der Waals surface area contributed by atoms with Crippen LogP contribution in [0.5, 0.6) is 0 Å². The van der Waals surface area contributed by atoms with Crippen molar-refractivity contribution in [3.8, 4) is 6.07 Å². The van der Waals surface area contributed by atoms with E-state index in [9.17, 15) is 5.26 Å². The second-order valence-electron chi connectivity index (χ2n) is 4.85. The van der Waals surface area contributed by atoms with Gasteiger partial charge in [0.25, 0.3) is 0 Å². The Kier molecular flexibility index (Phi) is 5.86. The summed E-state index contributed by atoms with van der Waals surface area (Å²) in [5.41, 5.74) is 2.30. The molecule has 2 rings (SSSR count). The molecular formula is C18H20N2S. The molecule has 0 bridgehead atoms. The van der Waals surface area contributed by atoms with Crippen LogP contribution in [0, 0.1) is 11.3 Å². The van der Waals surface area contributed by atoms with Gasteiger partial charge in [-0.15, -0.1) is 11.8 Å². The second-order valence-corrected chi connectivity index (χ2v) is 5.73. The van der Waals surface area contributed by atoms with E-state index in [4.69, 9.17) is 0 Å². The Bertz CT molecular complexity index is 587. The van der Waals surface area contributed by atoms with Crippen LogP contribution in [0.3, 0.4) is 0 Å². The molecule has 1 unspecified atom stereocenters. The zero-order valence-electron chi connectivity index (χ0n) is 12.5. The molecule has 2 aromatic rings. The van der Waals surface area contributed by atoms with Gasteiger partial charge >= 0.3 is 0 Å². The average Bonchev–Trinajstić information content (AvgIpc) is 2.56. The van der Waals surface area contributed by atoms with Crippen LogP contribution in [-0.4, -0.2) is 17.7 Å². The lowest BCUT2D eigenvalue weighted by Gasteiger charge is -2.26. The predicted molar refractivity (Wildman–Crippen MR) is 89.1 cm³/mol. The summed E-state index contributed by atoms with van der Waals surface area (Å²) in [4.78, 5) is 3.42. The lowest BCUT2D eigenvalue weighted by molar-refractivity contribution is 0.239. The first-order valence-electron chi connectivity index (χ1n) is 7.10. The molecule has 3 heteroatoms. The molecular weight excluding hydrogens is 276 g/mol. The fourth-order valence-electron chi connectivity index (χ4n) is 2.36. The number of rotatable bonds is 6. The summed E-state index contributed by atoms with van der Waals surface area (Å²) in [6, 6.07) is 20.8. The van der Waals surface area contributed by atoms with Crippen LogP contribution < -0.4 is 0 Å². The minimum Gasteiger partial charge on any atom is -0.280 e. The van der Waals surface area contributed by atoms with E-state index >= 15 is 0 Å². The number of hydrogen-bond donors (Lipinski definition) is 0. The van der Waals surface area contributed by atoms with E-state index < -0.39 is 0 Å². The number of thioether (sulfide) groups is 1. The normalized spacial score (nSPS) is 12.1. The summed E-state index contributed by atoms with van der Waals surface area (Å²) >= 11 is 1.72. The van der Waals surface area contributed by atoms with Gasteiger partial charge in [-0.2, -0.15) is 5.26 Å². The van der Waals surface area contributed by atoms with E-state index in [1.54, 1.807) is 11.8 Å². The molecule has 2 aromatic carbocycles. The molecule has 0 N–H and O–H groups in total. The largest absolute Gasteiger partial charge is 0.280 e. The minimum absolute atomic E-state index is 0.203. The van der Waals surface area contributed by atoms with Crippen LogP contribution in [0.1, 0.15) is 24.1 Å². The van der Waals surface area contributed by atoms with Gasteiger partial charge in [0.1, 0.15) is 6.04 Å². The molecule has 0 heterocycles. The molecule has 0 aliphatic rings. The van der Waals surface area contributed by atoms with Gasteiger partial charge in [-0.05, 0) is 36.1 Å². The molecule has 0 aliphatic heterocycles. The highest BCUT2D eigenvalue weighted by Gasteiger charge is 2.18. The third-order valence-electron chi connectivity index (χ3n) is 3.55. The van der Waals surface area contributed by atoms with E-state index in [1.807, 2.05) is 18.2 Å². The van der Waals surface area contributed by atoms with Crippen LogP contribution in [0.25, 0.3) is 0 Å². The van der Waals surface area contributed by atoms with Crippen molar-refractivity contribution in [3.63, 3.8) is 0 Å². The van der Waals surface area contributed by atoms with Gasteiger partial charge in [-0.1, -0.05) is 49.4 Å². The molecule has 1 atom stereocenters. The van der Waals surface area contributed by atoms with Gasteiger partial charge < -0.3 is 0 Å². The van der Waals surface area contributed by atoms with Crippen molar-refractivity contribution < 1.29 is 0 Å². The monoisotopic (exact) mass is 296 g/mol. The average molecular weight is 296 g/mol. The first-order valence-corrected chi connectivity index (χ1v) is 8.32. The highest BCUT2D eigenvalue weighted by atomic mass is 32.2. The minimum atomic E-state index is -0.203. The third kappa shape index (κ3) is 4.10. The Morgan fingerprint density at radius 1 is 1.10 bits per heavy atom. The van der Waals surface area contributed by atoms with Gasteiger partial charge in [0, 0.05) is 11.4 Å². The first-order chi connectivity index (χ1) is 10.3. The lowest BCUT2D eigenvalue weighted by atomic mass is 10.1. The SMILES string of the molecule is CCN(Cc1ccccc1)C(C#N)c1ccc(SC)cc1. The van der Waals surface area contributed by atoms with Crippen molar-refractivity contribution in [1.82, 2.24) is 4.90 Å². The number of nitrogens with zero attached hydrogens (tertiary/aromatic N) is 2. The van der Waals surface area contributed by atoms with Crippen LogP contribution in [0.15, 0.2) is 59.5 Å². The van der Waals surface area contributed by atoms with Gasteiger partial charge in [-0.3, -0.25) is 4.90 Å². The summed E-state index contributed by atoms with van der Waals surface area (Å²) in [5.74, 6) is 0. The summed E-state index contributed by atoms with van der Waals surface area (Å²) in [5, 5.41) is 9.59. The summed E-state index contributed by atoms with van der Waals surface area (Å²) in [6.07, 6.45) is 2.06. The van der Waals surface area contributed by atoms with E-state index in [0.29, 0.717) is 0 Å². The standard InChI is InChI=1S/C18H20N2S/c1-3-20(14-15-7-5-4-6-8-15)18(13-19)16-9-11-17(21-2)12-10-16/h4-12,18H,3,14H2,1-2H3. The topological polar surface area (TPSA) is 27.0 Å². The van der Waals surface area contributed by atoms with Gasteiger partial charge in [-0.25, -0.2) is 0 Å². The quantitative estimate of drug-likeness (QED) is 0.735. The fourth-order valence-corrected chi connectivity index (χ4v) is 2.77. The predicted octanol–water partition coefficient (Wildman–Crippen LogP) is 4.50. The summed E-state index contributed by atoms with van der Waals surface area (Å²) < 4.78 is 0. The summed E-state index contributed by atoms with van der Waals surface area (Å²) in [6.45, 7) is 3.74. The van der Waals surface area contributed by atoms with Crippen molar-refractivity contribution in [3.05, 3.63) is 65.7 Å². The number of benzene rings is 2. The van der Waals surface area contributed by atoms with Gasteiger partial charge in [0.2, 0.25) is 0 Å². The van der Waals surface area contributed by atoms with Crippen molar-refractivity contribution in [2.45, 2.75) is 24.4 Å². The van der Waals surface area contributed by atoms with Crippen molar-refractivity contribution in [2.24, 2.45) is 0 Å². The number of nitriles is 1. The molecule has 0 fully saturated rings. The zero-order valence-corrected chi connectivity index (χ0v) is 13.3. The van der Waals surface area contributed by atoms with Crippen molar-refractivity contribution >= 4 is 11.8 Å². The Balaban J connectivity index is 2.19. The molecule has 0 radical (unpaired) electrons. The molecule has 0 saturated heterocycles. The molecule has 0 spiro atoms. The smallest absolute Gasteiger partial charge is 0.124 e. The lowest BCUT2D eigenvalue weighted by Crippen LogP contribution is -2.27. The van der Waals surface area contributed by atoms with Crippen molar-refractivity contribution in [2.75, 3.05) is 12.8 Å². The molecule has 0 amide bonds. The zero-order chi connectivity index (χ0) is 15.1. The molecule has 108 valence electrons. The van der Waals surface area contributed by atoms with Crippen LogP contribution in [0.2, 0.25) is 0 Å². The van der Waals surface area contributed by atoms with Crippen LogP contribution >= 0.6 is 11.8 Å². The maximum Gasteiger partial charge on any atom is 0.124 e. The first kappa shape index (κ1) is 15.6. The maximum atomic E-state index is 9.59. The molecule has 0 saturated carbocycles. The van der Waals surface area contributed by atoms with E-state index in [1.165, 1.54) is 10.5 Å². The highest BCUT2D eigenvalue weighted by Crippen LogP contribution is 2.24. The molecule has 0 aliphatic carbocycles. The highest BCUT2D eigenvalue weighted by molar-refractivity contribution is 7.98. The van der Waals surface area contributed by atoms with Gasteiger partial charge in [0.05, 0.1) is 6.07 Å². The number of hydrogen-bond acceptors (Lipinski definition) is 3. The van der Waals surface area contributed by atoms with Crippen LogP contribution in [-0.2, 0) is 6.54 Å². The Morgan fingerprint density at radius 3 is 2.29 bits per heavy atom.